The summed E-state index contributed by atoms with van der Waals surface area (Å²) in [7, 11) is 0. The van der Waals surface area contributed by atoms with Crippen molar-refractivity contribution in [1.82, 2.24) is 4.98 Å². The number of aromatic nitrogens is 1. The summed E-state index contributed by atoms with van der Waals surface area (Å²) in [5.41, 5.74) is 9.50. The van der Waals surface area contributed by atoms with Crippen molar-refractivity contribution < 1.29 is 0 Å². The minimum absolute atomic E-state index is 0.216. The molecule has 1 aliphatic carbocycles. The van der Waals surface area contributed by atoms with Crippen molar-refractivity contribution in [2.75, 3.05) is 0 Å². The monoisotopic (exact) mass is 232 g/mol. The zero-order chi connectivity index (χ0) is 12.8. The van der Waals surface area contributed by atoms with Crippen molar-refractivity contribution in [3.05, 3.63) is 29.6 Å². The molecular weight excluding hydrogens is 208 g/mol. The quantitative estimate of drug-likeness (QED) is 0.870. The average molecular weight is 232 g/mol. The Morgan fingerprint density at radius 1 is 1.29 bits per heavy atom. The van der Waals surface area contributed by atoms with Crippen molar-refractivity contribution in [3.63, 3.8) is 0 Å². The Morgan fingerprint density at radius 3 is 2.35 bits per heavy atom. The van der Waals surface area contributed by atoms with Crippen molar-refractivity contribution in [2.24, 2.45) is 22.5 Å². The Balaban J connectivity index is 2.10. The van der Waals surface area contributed by atoms with Crippen LogP contribution in [0.15, 0.2) is 18.3 Å². The van der Waals surface area contributed by atoms with Gasteiger partial charge in [-0.3, -0.25) is 4.98 Å². The molecule has 1 unspecified atom stereocenters. The van der Waals surface area contributed by atoms with Crippen LogP contribution in [-0.2, 0) is 6.42 Å². The molecule has 0 radical (unpaired) electrons. The van der Waals surface area contributed by atoms with Gasteiger partial charge < -0.3 is 5.73 Å². The zero-order valence-electron chi connectivity index (χ0n) is 11.6. The first-order valence-corrected chi connectivity index (χ1v) is 6.44. The van der Waals surface area contributed by atoms with Crippen molar-refractivity contribution in [3.8, 4) is 0 Å². The van der Waals surface area contributed by atoms with Crippen LogP contribution in [0, 0.1) is 23.7 Å². The fraction of sp³-hybridized carbons (Fsp3) is 0.667. The fourth-order valence-corrected chi connectivity index (χ4v) is 3.39. The maximum absolute atomic E-state index is 6.39. The molecule has 0 spiro atoms. The molecule has 1 aliphatic rings. The molecule has 1 aromatic heterocycles. The lowest BCUT2D eigenvalue weighted by Crippen LogP contribution is -2.29. The molecule has 2 N–H and O–H groups in total. The summed E-state index contributed by atoms with van der Waals surface area (Å²) < 4.78 is 0. The smallest absolute Gasteiger partial charge is 0.0448 e. The van der Waals surface area contributed by atoms with E-state index in [-0.39, 0.29) is 6.04 Å². The molecule has 0 aromatic carbocycles. The van der Waals surface area contributed by atoms with Crippen LogP contribution in [0.1, 0.15) is 39.0 Å². The second kappa shape index (κ2) is 3.81. The molecule has 1 fully saturated rings. The van der Waals surface area contributed by atoms with E-state index < -0.39 is 0 Å². The van der Waals surface area contributed by atoms with Gasteiger partial charge in [-0.05, 0) is 35.3 Å². The first-order valence-electron chi connectivity index (χ1n) is 6.44. The Kier molecular flexibility index (Phi) is 2.81. The van der Waals surface area contributed by atoms with Gasteiger partial charge >= 0.3 is 0 Å². The molecule has 1 aromatic rings. The van der Waals surface area contributed by atoms with Gasteiger partial charge in [0.05, 0.1) is 0 Å². The van der Waals surface area contributed by atoms with Crippen LogP contribution < -0.4 is 5.73 Å². The molecule has 0 saturated heterocycles. The van der Waals surface area contributed by atoms with Gasteiger partial charge in [-0.1, -0.05) is 33.8 Å². The third kappa shape index (κ3) is 1.89. The molecule has 1 heterocycles. The second-order valence-corrected chi connectivity index (χ2v) is 6.56. The largest absolute Gasteiger partial charge is 0.327 e. The number of aryl methyl sites for hydroxylation is 1. The number of rotatable bonds is 3. The van der Waals surface area contributed by atoms with E-state index in [1.807, 2.05) is 12.3 Å². The lowest BCUT2D eigenvalue weighted by Gasteiger charge is -2.14. The molecule has 0 aliphatic heterocycles. The van der Waals surface area contributed by atoms with Crippen molar-refractivity contribution in [2.45, 2.75) is 47.1 Å². The molecule has 0 bridgehead atoms. The first-order chi connectivity index (χ1) is 7.78. The summed E-state index contributed by atoms with van der Waals surface area (Å²) in [5, 5.41) is 0. The summed E-state index contributed by atoms with van der Waals surface area (Å²) in [6.45, 7) is 11.4. The second-order valence-electron chi connectivity index (χ2n) is 6.56. The summed E-state index contributed by atoms with van der Waals surface area (Å²) in [6, 6.07) is 4.31. The highest BCUT2D eigenvalue weighted by molar-refractivity contribution is 5.22. The molecule has 0 amide bonds. The summed E-state index contributed by atoms with van der Waals surface area (Å²) in [5.74, 6) is 0.594. The lowest BCUT2D eigenvalue weighted by molar-refractivity contribution is 0.457. The van der Waals surface area contributed by atoms with E-state index in [2.05, 4.69) is 45.7 Å². The van der Waals surface area contributed by atoms with Gasteiger partial charge in [0, 0.05) is 24.4 Å². The van der Waals surface area contributed by atoms with Crippen molar-refractivity contribution in [1.29, 1.82) is 0 Å². The minimum Gasteiger partial charge on any atom is -0.327 e. The molecule has 2 rings (SSSR count). The highest BCUT2D eigenvalue weighted by Crippen LogP contribution is 2.69. The van der Waals surface area contributed by atoms with Crippen LogP contribution in [0.3, 0.4) is 0 Å². The minimum atomic E-state index is 0.216. The van der Waals surface area contributed by atoms with Gasteiger partial charge in [0.15, 0.2) is 0 Å². The van der Waals surface area contributed by atoms with Gasteiger partial charge in [0.1, 0.15) is 0 Å². The standard InChI is InChI=1S/C15H24N2/c1-10-7-6-8-17-12(10)9-11(16)13-14(2,3)15(13,4)5/h6-8,11,13H,9,16H2,1-5H3. The van der Waals surface area contributed by atoms with Crippen LogP contribution in [0.2, 0.25) is 0 Å². The van der Waals surface area contributed by atoms with Gasteiger partial charge in [0.25, 0.3) is 0 Å². The summed E-state index contributed by atoms with van der Waals surface area (Å²) in [4.78, 5) is 4.44. The maximum Gasteiger partial charge on any atom is 0.0448 e. The molecule has 1 atom stereocenters. The van der Waals surface area contributed by atoms with Crippen molar-refractivity contribution >= 4 is 0 Å². The predicted molar refractivity (Wildman–Crippen MR) is 71.7 cm³/mol. The molecule has 2 nitrogen and oxygen atoms in total. The molecule has 94 valence electrons. The SMILES string of the molecule is Cc1cccnc1CC(N)C1C(C)(C)C1(C)C. The Hall–Kier alpha value is -0.890. The normalized spacial score (nSPS) is 23.4. The number of nitrogens with zero attached hydrogens (tertiary/aromatic N) is 1. The van der Waals surface area contributed by atoms with E-state index in [1.165, 1.54) is 5.56 Å². The van der Waals surface area contributed by atoms with Gasteiger partial charge in [-0.25, -0.2) is 0 Å². The fourth-order valence-electron chi connectivity index (χ4n) is 3.39. The van der Waals surface area contributed by atoms with E-state index in [1.54, 1.807) is 0 Å². The van der Waals surface area contributed by atoms with E-state index in [9.17, 15) is 0 Å². The van der Waals surface area contributed by atoms with Gasteiger partial charge in [-0.2, -0.15) is 0 Å². The number of hydrogen-bond donors (Lipinski definition) is 1. The maximum atomic E-state index is 6.39. The zero-order valence-corrected chi connectivity index (χ0v) is 11.6. The Bertz CT molecular complexity index is 407. The summed E-state index contributed by atoms with van der Waals surface area (Å²) >= 11 is 0. The average Bonchev–Trinajstić information content (AvgIpc) is 2.61. The first kappa shape index (κ1) is 12.6. The van der Waals surface area contributed by atoms with Gasteiger partial charge in [0.2, 0.25) is 0 Å². The highest BCUT2D eigenvalue weighted by Gasteiger charge is 2.66. The predicted octanol–water partition coefficient (Wildman–Crippen LogP) is 2.94. The topological polar surface area (TPSA) is 38.9 Å². The van der Waals surface area contributed by atoms with Crippen LogP contribution >= 0.6 is 0 Å². The third-order valence-corrected chi connectivity index (χ3v) is 5.11. The molecule has 2 heteroatoms. The molecule has 1 saturated carbocycles. The van der Waals surface area contributed by atoms with Crippen LogP contribution in [0.5, 0.6) is 0 Å². The van der Waals surface area contributed by atoms with Gasteiger partial charge in [-0.15, -0.1) is 0 Å². The van der Waals surface area contributed by atoms with Crippen LogP contribution in [-0.4, -0.2) is 11.0 Å². The summed E-state index contributed by atoms with van der Waals surface area (Å²) in [6.07, 6.45) is 2.75. The third-order valence-electron chi connectivity index (χ3n) is 5.11. The van der Waals surface area contributed by atoms with Crippen LogP contribution in [0.4, 0.5) is 0 Å². The lowest BCUT2D eigenvalue weighted by atomic mass is 9.98. The highest BCUT2D eigenvalue weighted by atomic mass is 14.8. The van der Waals surface area contributed by atoms with E-state index >= 15 is 0 Å². The Labute approximate surface area is 105 Å². The molecular formula is C15H24N2. The number of nitrogens with two attached hydrogens (primary N) is 1. The van der Waals surface area contributed by atoms with Crippen LogP contribution in [0.25, 0.3) is 0 Å². The number of hydrogen-bond acceptors (Lipinski definition) is 2. The Morgan fingerprint density at radius 2 is 1.88 bits per heavy atom. The number of pyridine rings is 1. The molecule has 17 heavy (non-hydrogen) atoms. The van der Waals surface area contributed by atoms with E-state index in [4.69, 9.17) is 5.73 Å². The van der Waals surface area contributed by atoms with E-state index in [0.29, 0.717) is 16.7 Å². The van der Waals surface area contributed by atoms with E-state index in [0.717, 1.165) is 12.1 Å².